The molecule has 1 aromatic heterocycles. The van der Waals surface area contributed by atoms with Gasteiger partial charge >= 0.3 is 12.0 Å². The highest BCUT2D eigenvalue weighted by Gasteiger charge is 2.13. The lowest BCUT2D eigenvalue weighted by Crippen LogP contribution is -1.91. The van der Waals surface area contributed by atoms with Crippen molar-refractivity contribution in [3.05, 3.63) is 30.2 Å². The molecule has 96 valence electrons. The number of benzene rings is 1. The van der Waals surface area contributed by atoms with Crippen LogP contribution in [0, 0.1) is 0 Å². The molecule has 2 rings (SSSR count). The molecular formula is C14H16ClO3+. The zero-order chi connectivity index (χ0) is 13.0. The number of hydrogen-bond acceptors (Lipinski definition) is 2. The third kappa shape index (κ3) is 2.67. The van der Waals surface area contributed by atoms with Crippen LogP contribution in [0.4, 0.5) is 0 Å². The number of rotatable bonds is 5. The lowest BCUT2D eigenvalue weighted by Gasteiger charge is -2.07. The summed E-state index contributed by atoms with van der Waals surface area (Å²) in [6, 6.07) is 5.88. The first-order valence-electron chi connectivity index (χ1n) is 5.81. The van der Waals surface area contributed by atoms with Gasteiger partial charge in [0.15, 0.2) is 11.5 Å². The van der Waals surface area contributed by atoms with Crippen molar-refractivity contribution in [2.45, 2.75) is 12.8 Å². The molecule has 1 heterocycles. The molecule has 18 heavy (non-hydrogen) atoms. The van der Waals surface area contributed by atoms with E-state index in [0.717, 1.165) is 35.1 Å². The summed E-state index contributed by atoms with van der Waals surface area (Å²) >= 11 is 5.68. The fourth-order valence-electron chi connectivity index (χ4n) is 1.86. The maximum atomic E-state index is 5.68. The number of aryl methyl sites for hydroxylation is 1. The average molecular weight is 268 g/mol. The molecule has 0 N–H and O–H groups in total. The van der Waals surface area contributed by atoms with E-state index in [1.54, 1.807) is 20.5 Å². The van der Waals surface area contributed by atoms with Crippen LogP contribution in [0.5, 0.6) is 11.5 Å². The molecule has 0 amide bonds. The number of fused-ring (bicyclic) bond motifs is 1. The Labute approximate surface area is 111 Å². The predicted octanol–water partition coefficient (Wildman–Crippen LogP) is 3.90. The highest BCUT2D eigenvalue weighted by molar-refractivity contribution is 6.17. The van der Waals surface area contributed by atoms with Crippen molar-refractivity contribution in [3.63, 3.8) is 0 Å². The number of hydrogen-bond donors (Lipinski definition) is 0. The fraction of sp³-hybridized carbons (Fsp3) is 0.357. The molecule has 0 aliphatic carbocycles. The fourth-order valence-corrected chi connectivity index (χ4v) is 1.99. The molecule has 0 saturated carbocycles. The van der Waals surface area contributed by atoms with Gasteiger partial charge in [-0.25, -0.2) is 4.42 Å². The Morgan fingerprint density at radius 3 is 2.33 bits per heavy atom. The number of methoxy groups -OCH3 is 2. The molecular weight excluding hydrogens is 252 g/mol. The van der Waals surface area contributed by atoms with Crippen molar-refractivity contribution >= 4 is 22.4 Å². The summed E-state index contributed by atoms with van der Waals surface area (Å²) in [6.45, 7) is 0. The highest BCUT2D eigenvalue weighted by Crippen LogP contribution is 2.32. The quantitative estimate of drug-likeness (QED) is 0.608. The Bertz CT molecular complexity index is 540. The van der Waals surface area contributed by atoms with Crippen LogP contribution in [0.1, 0.15) is 12.2 Å². The number of halogens is 1. The first-order valence-corrected chi connectivity index (χ1v) is 6.34. The average Bonchev–Trinajstić information content (AvgIpc) is 2.43. The monoisotopic (exact) mass is 267 g/mol. The van der Waals surface area contributed by atoms with Gasteiger partial charge in [-0.2, -0.15) is 0 Å². The van der Waals surface area contributed by atoms with E-state index in [-0.39, 0.29) is 0 Å². The van der Waals surface area contributed by atoms with Gasteiger partial charge in [0.1, 0.15) is 0 Å². The molecule has 0 bridgehead atoms. The van der Waals surface area contributed by atoms with Gasteiger partial charge in [0.2, 0.25) is 0 Å². The first-order chi connectivity index (χ1) is 8.78. The van der Waals surface area contributed by atoms with Crippen molar-refractivity contribution in [3.8, 4) is 11.5 Å². The van der Waals surface area contributed by atoms with Crippen LogP contribution in [0.2, 0.25) is 0 Å². The molecule has 0 spiro atoms. The second-order valence-electron chi connectivity index (χ2n) is 3.97. The Kier molecular flexibility index (Phi) is 4.26. The van der Waals surface area contributed by atoms with Crippen LogP contribution < -0.4 is 9.47 Å². The highest BCUT2D eigenvalue weighted by atomic mass is 35.5. The van der Waals surface area contributed by atoms with Crippen molar-refractivity contribution in [1.29, 1.82) is 0 Å². The van der Waals surface area contributed by atoms with Gasteiger partial charge in [0.25, 0.3) is 0 Å². The van der Waals surface area contributed by atoms with Crippen molar-refractivity contribution in [2.75, 3.05) is 20.1 Å². The van der Waals surface area contributed by atoms with E-state index in [9.17, 15) is 0 Å². The zero-order valence-corrected chi connectivity index (χ0v) is 11.3. The maximum absolute atomic E-state index is 5.68. The van der Waals surface area contributed by atoms with Gasteiger partial charge in [0.05, 0.1) is 26.0 Å². The Hall–Kier alpha value is -1.48. The van der Waals surface area contributed by atoms with Crippen LogP contribution in [-0.4, -0.2) is 20.1 Å². The third-order valence-corrected chi connectivity index (χ3v) is 3.07. The van der Waals surface area contributed by atoms with E-state index in [4.69, 9.17) is 25.5 Å². The number of alkyl halides is 1. The van der Waals surface area contributed by atoms with Gasteiger partial charge in [-0.3, -0.25) is 0 Å². The topological polar surface area (TPSA) is 29.8 Å². The summed E-state index contributed by atoms with van der Waals surface area (Å²) in [5.41, 5.74) is 0. The maximum Gasteiger partial charge on any atom is 0.329 e. The second-order valence-corrected chi connectivity index (χ2v) is 4.35. The largest absolute Gasteiger partial charge is 0.493 e. The summed E-state index contributed by atoms with van der Waals surface area (Å²) in [6.07, 6.45) is 3.48. The minimum absolute atomic E-state index is 0.638. The van der Waals surface area contributed by atoms with Gasteiger partial charge in [-0.1, -0.05) is 0 Å². The van der Waals surface area contributed by atoms with Crippen molar-refractivity contribution in [2.24, 2.45) is 0 Å². The molecule has 0 fully saturated rings. The van der Waals surface area contributed by atoms with E-state index in [1.165, 1.54) is 0 Å². The Morgan fingerprint density at radius 2 is 1.72 bits per heavy atom. The summed E-state index contributed by atoms with van der Waals surface area (Å²) in [4.78, 5) is 0. The smallest absolute Gasteiger partial charge is 0.329 e. The summed E-state index contributed by atoms with van der Waals surface area (Å²) in [5, 5.41) is 2.06. The van der Waals surface area contributed by atoms with Crippen LogP contribution in [-0.2, 0) is 6.42 Å². The number of ether oxygens (including phenoxy) is 2. The summed E-state index contributed by atoms with van der Waals surface area (Å²) in [7, 11) is 3.25. The van der Waals surface area contributed by atoms with Crippen molar-refractivity contribution < 1.29 is 13.9 Å². The van der Waals surface area contributed by atoms with E-state index in [2.05, 4.69) is 0 Å². The Balaban J connectivity index is 2.42. The summed E-state index contributed by atoms with van der Waals surface area (Å²) in [5.74, 6) is 2.99. The van der Waals surface area contributed by atoms with Gasteiger partial charge in [-0.05, 0) is 12.5 Å². The van der Waals surface area contributed by atoms with E-state index in [1.807, 2.05) is 18.2 Å². The van der Waals surface area contributed by atoms with E-state index >= 15 is 0 Å². The normalized spacial score (nSPS) is 10.6. The SMILES string of the molecule is COc1cc2c[o+]c(CCCCl)cc2cc1OC. The van der Waals surface area contributed by atoms with E-state index < -0.39 is 0 Å². The summed E-state index contributed by atoms with van der Waals surface area (Å²) < 4.78 is 16.1. The third-order valence-electron chi connectivity index (χ3n) is 2.80. The van der Waals surface area contributed by atoms with Crippen LogP contribution in [0.3, 0.4) is 0 Å². The van der Waals surface area contributed by atoms with Crippen LogP contribution in [0.25, 0.3) is 10.8 Å². The van der Waals surface area contributed by atoms with Crippen molar-refractivity contribution in [1.82, 2.24) is 0 Å². The predicted molar refractivity (Wildman–Crippen MR) is 72.8 cm³/mol. The lowest BCUT2D eigenvalue weighted by atomic mass is 10.1. The molecule has 0 atom stereocenters. The molecule has 0 aliphatic heterocycles. The minimum Gasteiger partial charge on any atom is -0.493 e. The minimum atomic E-state index is 0.638. The molecule has 1 aromatic carbocycles. The standard InChI is InChI=1S/C14H16ClO3/c1-16-13-7-10-6-12(4-3-5-15)18-9-11(10)8-14(13)17-2/h6-9H,3-5H2,1-2H3/q+1. The van der Waals surface area contributed by atoms with Gasteiger partial charge in [-0.15, -0.1) is 11.6 Å². The molecule has 0 saturated heterocycles. The van der Waals surface area contributed by atoms with Gasteiger partial charge < -0.3 is 9.47 Å². The zero-order valence-electron chi connectivity index (χ0n) is 10.5. The molecule has 4 heteroatoms. The lowest BCUT2D eigenvalue weighted by molar-refractivity contribution is 0.355. The Morgan fingerprint density at radius 1 is 1.06 bits per heavy atom. The van der Waals surface area contributed by atoms with E-state index in [0.29, 0.717) is 11.6 Å². The molecule has 0 radical (unpaired) electrons. The molecule has 0 unspecified atom stereocenters. The molecule has 2 aromatic rings. The first kappa shape index (κ1) is 13.0. The van der Waals surface area contributed by atoms with Crippen LogP contribution in [0.15, 0.2) is 28.9 Å². The van der Waals surface area contributed by atoms with Gasteiger partial charge in [0, 0.05) is 23.4 Å². The molecule has 0 aliphatic rings. The molecule has 3 nitrogen and oxygen atoms in total. The van der Waals surface area contributed by atoms with Crippen LogP contribution >= 0.6 is 11.6 Å². The second kappa shape index (κ2) is 5.91.